The molecule has 4 nitrogen and oxygen atoms in total. The molecule has 0 N–H and O–H groups in total. The molecule has 0 unspecified atom stereocenters. The van der Waals surface area contributed by atoms with Crippen LogP contribution in [0.25, 0.3) is 0 Å². The molecule has 0 aromatic rings. The number of hydrogen-bond acceptors (Lipinski definition) is 4. The van der Waals surface area contributed by atoms with Crippen LogP contribution in [0.4, 0.5) is 0 Å². The zero-order valence-corrected chi connectivity index (χ0v) is 15.1. The number of aliphatic imine (C=N–C) groups is 4. The van der Waals surface area contributed by atoms with Crippen molar-refractivity contribution >= 4 is 22.8 Å². The van der Waals surface area contributed by atoms with Crippen LogP contribution in [0.2, 0.25) is 0 Å². The summed E-state index contributed by atoms with van der Waals surface area (Å²) >= 11 is 0. The van der Waals surface area contributed by atoms with Gasteiger partial charge in [-0.1, -0.05) is 25.3 Å². The van der Waals surface area contributed by atoms with E-state index in [2.05, 4.69) is 23.1 Å². The molecule has 0 amide bonds. The van der Waals surface area contributed by atoms with Gasteiger partial charge in [0.15, 0.2) is 0 Å². The van der Waals surface area contributed by atoms with Gasteiger partial charge in [0.1, 0.15) is 0 Å². The molecule has 5 aliphatic heterocycles. The van der Waals surface area contributed by atoms with Gasteiger partial charge in [0.25, 0.3) is 0 Å². The molecular formula is C24H16N4. The lowest BCUT2D eigenvalue weighted by molar-refractivity contribution is 1.38. The SMILES string of the molecule is C=CC1=CC2=NC1=CC1=NC(=CC3=NC(=CC4=NC(=C2)C=C4)C=C3)C(C=C)=C1. The number of fused-ring (bicyclic) bond motifs is 4. The largest absolute Gasteiger partial charge is 0.249 e. The number of rotatable bonds is 2. The zero-order valence-electron chi connectivity index (χ0n) is 15.1. The third-order valence-electron chi connectivity index (χ3n) is 4.66. The Hall–Kier alpha value is -3.92. The van der Waals surface area contributed by atoms with Crippen molar-refractivity contribution in [2.24, 2.45) is 20.0 Å². The Morgan fingerprint density at radius 2 is 0.964 bits per heavy atom. The van der Waals surface area contributed by atoms with E-state index in [1.54, 1.807) is 0 Å². The van der Waals surface area contributed by atoms with Crippen LogP contribution in [-0.2, 0) is 0 Å². The molecule has 0 saturated heterocycles. The second-order valence-electron chi connectivity index (χ2n) is 6.62. The summed E-state index contributed by atoms with van der Waals surface area (Å²) in [5.74, 6) is 0. The van der Waals surface area contributed by atoms with E-state index in [0.29, 0.717) is 0 Å². The van der Waals surface area contributed by atoms with E-state index in [4.69, 9.17) is 9.98 Å². The lowest BCUT2D eigenvalue weighted by atomic mass is 10.1. The summed E-state index contributed by atoms with van der Waals surface area (Å²) in [7, 11) is 0. The standard InChI is InChI=1S/C24H16N4/c1-3-15-9-21-12-19-6-5-17(25-19)11-18-7-8-20(26-18)13-23-16(4-2)10-22(28-23)14-24(15)27-21/h3-14H,1-2H2. The third-order valence-corrected chi connectivity index (χ3v) is 4.66. The predicted molar refractivity (Wildman–Crippen MR) is 117 cm³/mol. The highest BCUT2D eigenvalue weighted by Crippen LogP contribution is 2.27. The van der Waals surface area contributed by atoms with Crippen molar-refractivity contribution in [3.63, 3.8) is 0 Å². The van der Waals surface area contributed by atoms with Crippen LogP contribution in [0.1, 0.15) is 0 Å². The van der Waals surface area contributed by atoms with E-state index in [1.807, 2.05) is 72.9 Å². The van der Waals surface area contributed by atoms with E-state index >= 15 is 0 Å². The fraction of sp³-hybridized carbons (Fsp3) is 0. The number of allylic oxidation sites excluding steroid dienone is 12. The molecule has 5 heterocycles. The van der Waals surface area contributed by atoms with Crippen LogP contribution in [0.15, 0.2) is 140 Å². The summed E-state index contributed by atoms with van der Waals surface area (Å²) < 4.78 is 0. The average Bonchev–Trinajstić information content (AvgIpc) is 3.45. The Morgan fingerprint density at radius 3 is 1.54 bits per heavy atom. The van der Waals surface area contributed by atoms with Gasteiger partial charge in [0.05, 0.1) is 45.6 Å². The predicted octanol–water partition coefficient (Wildman–Crippen LogP) is 4.69. The fourth-order valence-electron chi connectivity index (χ4n) is 3.34. The summed E-state index contributed by atoms with van der Waals surface area (Å²) in [6.07, 6.45) is 23.4. The van der Waals surface area contributed by atoms with Crippen molar-refractivity contribution < 1.29 is 0 Å². The molecule has 0 aromatic heterocycles. The molecule has 132 valence electrons. The summed E-state index contributed by atoms with van der Waals surface area (Å²) in [5.41, 5.74) is 8.71. The van der Waals surface area contributed by atoms with Crippen molar-refractivity contribution in [2.45, 2.75) is 0 Å². The molecule has 4 heteroatoms. The zero-order chi connectivity index (χ0) is 19.1. The monoisotopic (exact) mass is 360 g/mol. The van der Waals surface area contributed by atoms with Crippen LogP contribution in [0.5, 0.6) is 0 Å². The molecule has 5 rings (SSSR count). The number of hydrogen-bond donors (Lipinski definition) is 0. The van der Waals surface area contributed by atoms with Crippen LogP contribution in [0.3, 0.4) is 0 Å². The van der Waals surface area contributed by atoms with E-state index in [1.165, 1.54) is 0 Å². The first-order valence-electron chi connectivity index (χ1n) is 8.97. The molecule has 0 saturated carbocycles. The van der Waals surface area contributed by atoms with Crippen molar-refractivity contribution in [3.8, 4) is 0 Å². The van der Waals surface area contributed by atoms with Crippen molar-refractivity contribution in [1.29, 1.82) is 0 Å². The first-order valence-corrected chi connectivity index (χ1v) is 8.97. The molecule has 0 atom stereocenters. The van der Waals surface area contributed by atoms with E-state index in [0.717, 1.165) is 56.8 Å². The minimum Gasteiger partial charge on any atom is -0.249 e. The molecule has 8 bridgehead atoms. The highest BCUT2D eigenvalue weighted by atomic mass is 14.8. The Kier molecular flexibility index (Phi) is 3.69. The first kappa shape index (κ1) is 16.3. The maximum absolute atomic E-state index is 4.74. The van der Waals surface area contributed by atoms with Gasteiger partial charge < -0.3 is 0 Å². The molecule has 0 radical (unpaired) electrons. The Bertz CT molecular complexity index is 1200. The minimum atomic E-state index is 0.827. The topological polar surface area (TPSA) is 49.4 Å². The summed E-state index contributed by atoms with van der Waals surface area (Å²) in [4.78, 5) is 18.7. The molecule has 0 aromatic carbocycles. The van der Waals surface area contributed by atoms with E-state index in [-0.39, 0.29) is 0 Å². The van der Waals surface area contributed by atoms with E-state index in [9.17, 15) is 0 Å². The summed E-state index contributed by atoms with van der Waals surface area (Å²) in [6.45, 7) is 7.82. The second-order valence-corrected chi connectivity index (χ2v) is 6.62. The smallest absolute Gasteiger partial charge is 0.0731 e. The molecule has 5 aliphatic rings. The second kappa shape index (κ2) is 6.35. The van der Waals surface area contributed by atoms with Gasteiger partial charge >= 0.3 is 0 Å². The third kappa shape index (κ3) is 2.91. The molecular weight excluding hydrogens is 344 g/mol. The molecule has 0 fully saturated rings. The normalized spacial score (nSPS) is 21.6. The van der Waals surface area contributed by atoms with Gasteiger partial charge in [-0.2, -0.15) is 0 Å². The summed E-state index contributed by atoms with van der Waals surface area (Å²) in [5, 5.41) is 0. The lowest BCUT2D eigenvalue weighted by Gasteiger charge is -1.97. The van der Waals surface area contributed by atoms with Gasteiger partial charge in [0, 0.05) is 11.1 Å². The van der Waals surface area contributed by atoms with Crippen LogP contribution in [0, 0.1) is 0 Å². The minimum absolute atomic E-state index is 0.827. The molecule has 28 heavy (non-hydrogen) atoms. The number of nitrogens with zero attached hydrogens (tertiary/aromatic N) is 4. The highest BCUT2D eigenvalue weighted by Gasteiger charge is 2.17. The van der Waals surface area contributed by atoms with Gasteiger partial charge in [-0.3, -0.25) is 0 Å². The van der Waals surface area contributed by atoms with Gasteiger partial charge in [-0.25, -0.2) is 20.0 Å². The van der Waals surface area contributed by atoms with Crippen molar-refractivity contribution in [3.05, 3.63) is 120 Å². The average molecular weight is 360 g/mol. The van der Waals surface area contributed by atoms with E-state index < -0.39 is 0 Å². The Morgan fingerprint density at radius 1 is 0.500 bits per heavy atom. The van der Waals surface area contributed by atoms with Gasteiger partial charge in [-0.05, 0) is 60.8 Å². The quantitative estimate of drug-likeness (QED) is 0.686. The van der Waals surface area contributed by atoms with Gasteiger partial charge in [0.2, 0.25) is 0 Å². The molecule has 0 spiro atoms. The fourth-order valence-corrected chi connectivity index (χ4v) is 3.34. The van der Waals surface area contributed by atoms with Crippen LogP contribution >= 0.6 is 0 Å². The molecule has 0 aliphatic carbocycles. The van der Waals surface area contributed by atoms with Gasteiger partial charge in [-0.15, -0.1) is 0 Å². The maximum Gasteiger partial charge on any atom is 0.0731 e. The maximum atomic E-state index is 4.74. The van der Waals surface area contributed by atoms with Crippen LogP contribution in [-0.4, -0.2) is 22.8 Å². The van der Waals surface area contributed by atoms with Crippen molar-refractivity contribution in [2.75, 3.05) is 0 Å². The summed E-state index contributed by atoms with van der Waals surface area (Å²) in [6, 6.07) is 0. The van der Waals surface area contributed by atoms with Crippen molar-refractivity contribution in [1.82, 2.24) is 0 Å². The highest BCUT2D eigenvalue weighted by molar-refractivity contribution is 6.15. The lowest BCUT2D eigenvalue weighted by Crippen LogP contribution is -1.89. The van der Waals surface area contributed by atoms with Crippen LogP contribution < -0.4 is 0 Å². The Balaban J connectivity index is 1.70. The Labute approximate surface area is 163 Å². The first-order chi connectivity index (χ1) is 13.7.